The first-order valence-corrected chi connectivity index (χ1v) is 8.26. The van der Waals surface area contributed by atoms with Crippen molar-refractivity contribution in [3.63, 3.8) is 0 Å². The zero-order valence-electron chi connectivity index (χ0n) is 11.9. The van der Waals surface area contributed by atoms with Gasteiger partial charge in [-0.2, -0.15) is 0 Å². The Morgan fingerprint density at radius 1 is 1.40 bits per heavy atom. The van der Waals surface area contributed by atoms with Crippen LogP contribution in [0.4, 0.5) is 0 Å². The third-order valence-corrected chi connectivity index (χ3v) is 5.03. The molecule has 0 aromatic heterocycles. The first kappa shape index (κ1) is 17.3. The lowest BCUT2D eigenvalue weighted by molar-refractivity contribution is -0.123. The van der Waals surface area contributed by atoms with Crippen LogP contribution in [0.5, 0.6) is 5.75 Å². The Labute approximate surface area is 134 Å². The molecule has 1 rings (SSSR count). The van der Waals surface area contributed by atoms with Gasteiger partial charge in [0.1, 0.15) is 5.75 Å². The van der Waals surface area contributed by atoms with E-state index in [2.05, 4.69) is 35.1 Å². The number of hydrogen-bond donors (Lipinski definition) is 1. The molecule has 0 aliphatic heterocycles. The summed E-state index contributed by atoms with van der Waals surface area (Å²) in [6.45, 7) is 4.94. The largest absolute Gasteiger partial charge is 0.484 e. The maximum absolute atomic E-state index is 11.8. The number of benzene rings is 1. The minimum atomic E-state index is -0.114. The smallest absolute Gasteiger partial charge is 0.257 e. The minimum absolute atomic E-state index is 0.00609. The summed E-state index contributed by atoms with van der Waals surface area (Å²) in [5.74, 6) is 0.489. The second kappa shape index (κ2) is 8.53. The molecule has 20 heavy (non-hydrogen) atoms. The van der Waals surface area contributed by atoms with Gasteiger partial charge in [-0.15, -0.1) is 0 Å². The third kappa shape index (κ3) is 5.33. The van der Waals surface area contributed by atoms with Crippen LogP contribution in [0.2, 0.25) is 5.02 Å². The lowest BCUT2D eigenvalue weighted by Gasteiger charge is -2.29. The first-order chi connectivity index (χ1) is 9.55. The Bertz CT molecular complexity index is 427. The maximum atomic E-state index is 11.8. The Kier molecular flexibility index (Phi) is 7.38. The molecule has 0 unspecified atom stereocenters. The van der Waals surface area contributed by atoms with Crippen LogP contribution in [0.3, 0.4) is 0 Å². The SMILES string of the molecule is CCC(CC)(CBr)CNC(=O)COc1cccc(Cl)c1. The molecule has 1 amide bonds. The normalized spacial score (nSPS) is 11.2. The second-order valence-electron chi connectivity index (χ2n) is 4.86. The Morgan fingerprint density at radius 3 is 2.65 bits per heavy atom. The van der Waals surface area contributed by atoms with Gasteiger partial charge >= 0.3 is 0 Å². The van der Waals surface area contributed by atoms with Crippen LogP contribution in [0.25, 0.3) is 0 Å². The molecule has 0 atom stereocenters. The number of ether oxygens (including phenoxy) is 1. The highest BCUT2D eigenvalue weighted by molar-refractivity contribution is 9.09. The second-order valence-corrected chi connectivity index (χ2v) is 5.86. The molecule has 0 aliphatic carbocycles. The lowest BCUT2D eigenvalue weighted by atomic mass is 9.84. The fourth-order valence-corrected chi connectivity index (χ4v) is 2.95. The fourth-order valence-electron chi connectivity index (χ4n) is 1.78. The van der Waals surface area contributed by atoms with Crippen LogP contribution in [0.15, 0.2) is 24.3 Å². The number of carbonyl (C=O) groups is 1. The summed E-state index contributed by atoms with van der Waals surface area (Å²) in [5.41, 5.74) is 0.117. The molecule has 0 aliphatic rings. The Morgan fingerprint density at radius 2 is 2.10 bits per heavy atom. The molecule has 0 saturated heterocycles. The molecule has 0 heterocycles. The van der Waals surface area contributed by atoms with Crippen LogP contribution in [-0.2, 0) is 4.79 Å². The lowest BCUT2D eigenvalue weighted by Crippen LogP contribution is -2.40. The van der Waals surface area contributed by atoms with E-state index in [4.69, 9.17) is 16.3 Å². The van der Waals surface area contributed by atoms with Crippen LogP contribution in [-0.4, -0.2) is 24.4 Å². The van der Waals surface area contributed by atoms with Crippen molar-refractivity contribution in [1.29, 1.82) is 0 Å². The molecule has 112 valence electrons. The molecule has 0 saturated carbocycles. The van der Waals surface area contributed by atoms with E-state index in [1.54, 1.807) is 24.3 Å². The summed E-state index contributed by atoms with van der Waals surface area (Å²) < 4.78 is 5.41. The molecule has 5 heteroatoms. The van der Waals surface area contributed by atoms with Gasteiger partial charge in [0.05, 0.1) is 0 Å². The van der Waals surface area contributed by atoms with Crippen molar-refractivity contribution in [2.24, 2.45) is 5.41 Å². The Balaban J connectivity index is 2.40. The molecule has 1 N–H and O–H groups in total. The number of nitrogens with one attached hydrogen (secondary N) is 1. The highest BCUT2D eigenvalue weighted by Gasteiger charge is 2.25. The predicted molar refractivity (Wildman–Crippen MR) is 86.8 cm³/mol. The van der Waals surface area contributed by atoms with E-state index in [0.717, 1.165) is 18.2 Å². The highest BCUT2D eigenvalue weighted by Crippen LogP contribution is 2.27. The van der Waals surface area contributed by atoms with Crippen LogP contribution < -0.4 is 10.1 Å². The molecule has 0 spiro atoms. The molecular formula is C15H21BrClNO2. The third-order valence-electron chi connectivity index (χ3n) is 3.61. The van der Waals surface area contributed by atoms with E-state index in [0.29, 0.717) is 17.3 Å². The highest BCUT2D eigenvalue weighted by atomic mass is 79.9. The van der Waals surface area contributed by atoms with E-state index in [-0.39, 0.29) is 17.9 Å². The van der Waals surface area contributed by atoms with Crippen molar-refractivity contribution in [1.82, 2.24) is 5.32 Å². The average molecular weight is 363 g/mol. The first-order valence-electron chi connectivity index (χ1n) is 6.76. The predicted octanol–water partition coefficient (Wildman–Crippen LogP) is 4.04. The Hall–Kier alpha value is -0.740. The monoisotopic (exact) mass is 361 g/mol. The number of rotatable bonds is 8. The number of carbonyl (C=O) groups excluding carboxylic acids is 1. The summed E-state index contributed by atoms with van der Waals surface area (Å²) in [5, 5.41) is 4.41. The van der Waals surface area contributed by atoms with Crippen molar-refractivity contribution in [3.05, 3.63) is 29.3 Å². The molecule has 3 nitrogen and oxygen atoms in total. The summed E-state index contributed by atoms with van der Waals surface area (Å²) in [7, 11) is 0. The quantitative estimate of drug-likeness (QED) is 0.709. The topological polar surface area (TPSA) is 38.3 Å². The maximum Gasteiger partial charge on any atom is 0.257 e. The number of halogens is 2. The van der Waals surface area contributed by atoms with E-state index < -0.39 is 0 Å². The molecule has 0 fully saturated rings. The molecule has 0 bridgehead atoms. The number of hydrogen-bond acceptors (Lipinski definition) is 2. The zero-order valence-corrected chi connectivity index (χ0v) is 14.3. The van der Waals surface area contributed by atoms with Gasteiger partial charge in [-0.25, -0.2) is 0 Å². The van der Waals surface area contributed by atoms with Crippen LogP contribution >= 0.6 is 27.5 Å². The van der Waals surface area contributed by atoms with E-state index in [9.17, 15) is 4.79 Å². The van der Waals surface area contributed by atoms with E-state index in [1.807, 2.05) is 0 Å². The van der Waals surface area contributed by atoms with Crippen LogP contribution in [0, 0.1) is 5.41 Å². The van der Waals surface area contributed by atoms with Gasteiger partial charge in [-0.3, -0.25) is 4.79 Å². The van der Waals surface area contributed by atoms with Crippen molar-refractivity contribution in [2.75, 3.05) is 18.5 Å². The summed E-state index contributed by atoms with van der Waals surface area (Å²) in [6, 6.07) is 7.02. The van der Waals surface area contributed by atoms with Gasteiger partial charge in [0.15, 0.2) is 6.61 Å². The van der Waals surface area contributed by atoms with Crippen molar-refractivity contribution in [2.45, 2.75) is 26.7 Å². The van der Waals surface area contributed by atoms with Gasteiger partial charge in [0.2, 0.25) is 0 Å². The van der Waals surface area contributed by atoms with Gasteiger partial charge in [-0.1, -0.05) is 47.4 Å². The van der Waals surface area contributed by atoms with Crippen molar-refractivity contribution < 1.29 is 9.53 Å². The molecule has 1 aromatic carbocycles. The van der Waals surface area contributed by atoms with Gasteiger partial charge in [0, 0.05) is 16.9 Å². The standard InChI is InChI=1S/C15H21BrClNO2/c1-3-15(4-2,10-16)11-18-14(19)9-20-13-7-5-6-12(17)8-13/h5-8H,3-4,9-11H2,1-2H3,(H,18,19). The summed E-state index contributed by atoms with van der Waals surface area (Å²) in [6.07, 6.45) is 2.04. The summed E-state index contributed by atoms with van der Waals surface area (Å²) in [4.78, 5) is 11.8. The molecular weight excluding hydrogens is 342 g/mol. The number of alkyl halides is 1. The van der Waals surface area contributed by atoms with Gasteiger partial charge < -0.3 is 10.1 Å². The fraction of sp³-hybridized carbons (Fsp3) is 0.533. The van der Waals surface area contributed by atoms with Crippen LogP contribution in [0.1, 0.15) is 26.7 Å². The minimum Gasteiger partial charge on any atom is -0.484 e. The van der Waals surface area contributed by atoms with Crippen molar-refractivity contribution in [3.8, 4) is 5.75 Å². The van der Waals surface area contributed by atoms with Gasteiger partial charge in [0.25, 0.3) is 5.91 Å². The molecule has 1 aromatic rings. The molecule has 0 radical (unpaired) electrons. The van der Waals surface area contributed by atoms with E-state index in [1.165, 1.54) is 0 Å². The van der Waals surface area contributed by atoms with E-state index >= 15 is 0 Å². The summed E-state index contributed by atoms with van der Waals surface area (Å²) >= 11 is 9.38. The average Bonchev–Trinajstić information content (AvgIpc) is 2.47. The number of amides is 1. The van der Waals surface area contributed by atoms with Crippen molar-refractivity contribution >= 4 is 33.4 Å². The van der Waals surface area contributed by atoms with Gasteiger partial charge in [-0.05, 0) is 36.5 Å². The zero-order chi connectivity index (χ0) is 15.0.